The maximum atomic E-state index is 12.5. The van der Waals surface area contributed by atoms with Gasteiger partial charge in [0.1, 0.15) is 11.4 Å². The smallest absolute Gasteiger partial charge is 0.422 e. The molecule has 1 aromatic carbocycles. The molecule has 1 aliphatic rings. The number of benzene rings is 1. The Morgan fingerprint density at radius 1 is 1.25 bits per heavy atom. The molecule has 1 fully saturated rings. The highest BCUT2D eigenvalue weighted by atomic mass is 16.6. The van der Waals surface area contributed by atoms with Crippen molar-refractivity contribution in [3.63, 3.8) is 0 Å². The SMILES string of the molecule is CCCC[C@H](NC(=O)OC(C)(C)C)[C@@H]1C(=O)OC(=O)N1c1ccc(OC)cc1. The number of carbonyl (C=O) groups is 3. The van der Waals surface area contributed by atoms with Gasteiger partial charge >= 0.3 is 18.2 Å². The van der Waals surface area contributed by atoms with Crippen molar-refractivity contribution in [3.8, 4) is 5.75 Å². The van der Waals surface area contributed by atoms with Gasteiger partial charge in [-0.05, 0) is 51.5 Å². The van der Waals surface area contributed by atoms with E-state index in [1.165, 1.54) is 12.0 Å². The van der Waals surface area contributed by atoms with Crippen LogP contribution in [0.15, 0.2) is 24.3 Å². The molecule has 0 spiro atoms. The third-order valence-electron chi connectivity index (χ3n) is 4.21. The van der Waals surface area contributed by atoms with Crippen LogP contribution in [0.1, 0.15) is 47.0 Å². The molecule has 0 saturated carbocycles. The van der Waals surface area contributed by atoms with Crippen LogP contribution in [0.3, 0.4) is 0 Å². The van der Waals surface area contributed by atoms with Crippen LogP contribution >= 0.6 is 0 Å². The third kappa shape index (κ3) is 5.37. The number of hydrogen-bond acceptors (Lipinski definition) is 6. The van der Waals surface area contributed by atoms with Crippen LogP contribution in [0, 0.1) is 0 Å². The minimum absolute atomic E-state index is 0.481. The Bertz CT molecular complexity index is 710. The molecule has 1 saturated heterocycles. The first kappa shape index (κ1) is 21.5. The van der Waals surface area contributed by atoms with Gasteiger partial charge in [-0.1, -0.05) is 19.8 Å². The lowest BCUT2D eigenvalue weighted by molar-refractivity contribution is -0.135. The van der Waals surface area contributed by atoms with Crippen LogP contribution in [-0.4, -0.2) is 43.0 Å². The molecule has 1 aromatic rings. The number of methoxy groups -OCH3 is 1. The van der Waals surface area contributed by atoms with Gasteiger partial charge in [-0.3, -0.25) is 4.90 Å². The van der Waals surface area contributed by atoms with E-state index in [0.29, 0.717) is 17.9 Å². The fraction of sp³-hybridized carbons (Fsp3) is 0.550. The summed E-state index contributed by atoms with van der Waals surface area (Å²) in [5.41, 5.74) is -0.199. The number of alkyl carbamates (subject to hydrolysis) is 1. The number of hydrogen-bond donors (Lipinski definition) is 1. The summed E-state index contributed by atoms with van der Waals surface area (Å²) >= 11 is 0. The third-order valence-corrected chi connectivity index (χ3v) is 4.21. The maximum Gasteiger partial charge on any atom is 0.422 e. The van der Waals surface area contributed by atoms with Crippen LogP contribution in [0.5, 0.6) is 5.75 Å². The molecule has 8 nitrogen and oxygen atoms in total. The van der Waals surface area contributed by atoms with Crippen molar-refractivity contribution in [1.82, 2.24) is 5.32 Å². The zero-order chi connectivity index (χ0) is 20.9. The van der Waals surface area contributed by atoms with Gasteiger partial charge in [0.2, 0.25) is 0 Å². The zero-order valence-corrected chi connectivity index (χ0v) is 17.0. The summed E-state index contributed by atoms with van der Waals surface area (Å²) in [5, 5.41) is 2.74. The average Bonchev–Trinajstić information content (AvgIpc) is 2.91. The first-order valence-electron chi connectivity index (χ1n) is 9.34. The molecule has 0 unspecified atom stereocenters. The van der Waals surface area contributed by atoms with Crippen LogP contribution in [0.25, 0.3) is 0 Å². The van der Waals surface area contributed by atoms with Crippen LogP contribution in [-0.2, 0) is 14.3 Å². The number of amides is 2. The van der Waals surface area contributed by atoms with E-state index in [4.69, 9.17) is 14.2 Å². The number of ether oxygens (including phenoxy) is 3. The Labute approximate surface area is 165 Å². The number of nitrogens with zero attached hydrogens (tertiary/aromatic N) is 1. The quantitative estimate of drug-likeness (QED) is 0.562. The van der Waals surface area contributed by atoms with E-state index in [9.17, 15) is 14.4 Å². The topological polar surface area (TPSA) is 94.2 Å². The van der Waals surface area contributed by atoms with E-state index in [2.05, 4.69) is 5.32 Å². The number of nitrogens with one attached hydrogen (secondary N) is 1. The van der Waals surface area contributed by atoms with Crippen molar-refractivity contribution in [2.45, 2.75) is 64.6 Å². The lowest BCUT2D eigenvalue weighted by Gasteiger charge is -2.29. The highest BCUT2D eigenvalue weighted by Crippen LogP contribution is 2.29. The first-order valence-corrected chi connectivity index (χ1v) is 9.34. The fourth-order valence-electron chi connectivity index (χ4n) is 2.96. The van der Waals surface area contributed by atoms with Gasteiger partial charge in [0.05, 0.1) is 13.2 Å². The monoisotopic (exact) mass is 392 g/mol. The van der Waals surface area contributed by atoms with E-state index < -0.39 is 35.8 Å². The molecule has 1 aliphatic heterocycles. The van der Waals surface area contributed by atoms with Crippen molar-refractivity contribution in [2.24, 2.45) is 0 Å². The summed E-state index contributed by atoms with van der Waals surface area (Å²) < 4.78 is 15.3. The van der Waals surface area contributed by atoms with Gasteiger partial charge in [0, 0.05) is 5.69 Å². The minimum Gasteiger partial charge on any atom is -0.497 e. The molecule has 2 rings (SSSR count). The van der Waals surface area contributed by atoms with E-state index in [1.54, 1.807) is 45.0 Å². The van der Waals surface area contributed by atoms with Gasteiger partial charge < -0.3 is 19.5 Å². The lowest BCUT2D eigenvalue weighted by atomic mass is 10.0. The summed E-state index contributed by atoms with van der Waals surface area (Å²) in [6, 6.07) is 5.08. The predicted molar refractivity (Wildman–Crippen MR) is 103 cm³/mol. The van der Waals surface area contributed by atoms with Crippen molar-refractivity contribution >= 4 is 23.8 Å². The molecule has 0 bridgehead atoms. The van der Waals surface area contributed by atoms with Crippen molar-refractivity contribution in [3.05, 3.63) is 24.3 Å². The fourth-order valence-corrected chi connectivity index (χ4v) is 2.96. The maximum absolute atomic E-state index is 12.5. The highest BCUT2D eigenvalue weighted by Gasteiger charge is 2.47. The summed E-state index contributed by atoms with van der Waals surface area (Å²) in [7, 11) is 1.54. The van der Waals surface area contributed by atoms with Gasteiger partial charge in [0.15, 0.2) is 6.04 Å². The molecule has 28 heavy (non-hydrogen) atoms. The Kier molecular flexibility index (Phi) is 6.88. The molecule has 1 heterocycles. The Morgan fingerprint density at radius 3 is 2.43 bits per heavy atom. The van der Waals surface area contributed by atoms with Gasteiger partial charge in [0.25, 0.3) is 0 Å². The molecule has 8 heteroatoms. The van der Waals surface area contributed by atoms with E-state index in [-0.39, 0.29) is 0 Å². The highest BCUT2D eigenvalue weighted by molar-refractivity contribution is 6.07. The molecule has 0 radical (unpaired) electrons. The first-order chi connectivity index (χ1) is 13.2. The summed E-state index contributed by atoms with van der Waals surface area (Å²) in [5.74, 6) is -0.0772. The minimum atomic E-state index is -0.972. The average molecular weight is 392 g/mol. The molecule has 2 atom stereocenters. The summed E-state index contributed by atoms with van der Waals surface area (Å²) in [6.07, 6.45) is 0.706. The number of esters is 1. The van der Waals surface area contributed by atoms with Gasteiger partial charge in [-0.15, -0.1) is 0 Å². The number of rotatable bonds is 7. The lowest BCUT2D eigenvalue weighted by Crippen LogP contribution is -2.53. The molecule has 0 aromatic heterocycles. The number of cyclic esters (lactones) is 2. The second kappa shape index (κ2) is 8.95. The molecular formula is C20H28N2O6. The predicted octanol–water partition coefficient (Wildman–Crippen LogP) is 3.63. The number of carbonyl (C=O) groups excluding carboxylic acids is 3. The van der Waals surface area contributed by atoms with Crippen LogP contribution in [0.4, 0.5) is 15.3 Å². The second-order valence-electron chi connectivity index (χ2n) is 7.59. The van der Waals surface area contributed by atoms with Crippen molar-refractivity contribution in [2.75, 3.05) is 12.0 Å². The van der Waals surface area contributed by atoms with Crippen LogP contribution in [0.2, 0.25) is 0 Å². The molecule has 0 aliphatic carbocycles. The normalized spacial score (nSPS) is 17.9. The Balaban J connectivity index is 2.29. The largest absolute Gasteiger partial charge is 0.497 e. The van der Waals surface area contributed by atoms with Gasteiger partial charge in [-0.2, -0.15) is 0 Å². The van der Waals surface area contributed by atoms with E-state index >= 15 is 0 Å². The molecular weight excluding hydrogens is 364 g/mol. The van der Waals surface area contributed by atoms with Gasteiger partial charge in [-0.25, -0.2) is 14.4 Å². The Hall–Kier alpha value is -2.77. The second-order valence-corrected chi connectivity index (χ2v) is 7.59. The van der Waals surface area contributed by atoms with E-state index in [0.717, 1.165) is 12.8 Å². The molecule has 154 valence electrons. The van der Waals surface area contributed by atoms with Crippen molar-refractivity contribution < 1.29 is 28.6 Å². The van der Waals surface area contributed by atoms with Crippen molar-refractivity contribution in [1.29, 1.82) is 0 Å². The summed E-state index contributed by atoms with van der Waals surface area (Å²) in [6.45, 7) is 7.27. The molecule has 1 N–H and O–H groups in total. The number of unbranched alkanes of at least 4 members (excludes halogenated alkanes) is 1. The standard InChI is InChI=1S/C20H28N2O6/c1-6-7-8-15(21-18(24)28-20(2,3)4)16-17(23)27-19(25)22(16)13-9-11-14(26-5)12-10-13/h9-12,15-16H,6-8H2,1-5H3,(H,21,24)/t15-,16+/m0/s1. The summed E-state index contributed by atoms with van der Waals surface area (Å²) in [4.78, 5) is 38.4. The molecule has 2 amide bonds. The number of anilines is 1. The van der Waals surface area contributed by atoms with E-state index in [1.807, 2.05) is 6.92 Å². The van der Waals surface area contributed by atoms with Crippen LogP contribution < -0.4 is 15.0 Å². The Morgan fingerprint density at radius 2 is 1.89 bits per heavy atom. The zero-order valence-electron chi connectivity index (χ0n) is 17.0.